The summed E-state index contributed by atoms with van der Waals surface area (Å²) in [6, 6.07) is 0. The maximum atomic E-state index is 10.1. The number of allylic oxidation sites excluding steroid dienone is 2. The Hall–Kier alpha value is -0.600. The van der Waals surface area contributed by atoms with Crippen molar-refractivity contribution in [3.8, 4) is 0 Å². The van der Waals surface area contributed by atoms with Crippen LogP contribution in [0.4, 0.5) is 0 Å². The lowest BCUT2D eigenvalue weighted by molar-refractivity contribution is 0.0103. The number of hydrogen-bond acceptors (Lipinski definition) is 2. The topological polar surface area (TPSA) is 40.5 Å². The molecule has 0 spiro atoms. The molecule has 2 aliphatic rings. The second-order valence-electron chi connectivity index (χ2n) is 5.99. The van der Waals surface area contributed by atoms with Gasteiger partial charge in [0.15, 0.2) is 0 Å². The smallest absolute Gasteiger partial charge is 0.0641 e. The van der Waals surface area contributed by atoms with E-state index in [0.717, 1.165) is 31.3 Å². The Labute approximate surface area is 104 Å². The van der Waals surface area contributed by atoms with Crippen LogP contribution in [0, 0.1) is 17.3 Å². The first-order valence-electron chi connectivity index (χ1n) is 6.65. The second-order valence-corrected chi connectivity index (χ2v) is 5.99. The van der Waals surface area contributed by atoms with E-state index in [1.165, 1.54) is 5.57 Å². The van der Waals surface area contributed by atoms with E-state index >= 15 is 0 Å². The van der Waals surface area contributed by atoms with Crippen LogP contribution in [0.25, 0.3) is 0 Å². The molecule has 2 aliphatic carbocycles. The fraction of sp³-hybridized carbons (Fsp3) is 0.733. The summed E-state index contributed by atoms with van der Waals surface area (Å²) in [5, 5.41) is 19.3. The fourth-order valence-electron chi connectivity index (χ4n) is 3.53. The SMILES string of the molecule is C=C(CO)[C@H]1CC=C2CC[C@@H](O)[C@H](C)[C@@]2(C)C1. The van der Waals surface area contributed by atoms with Crippen molar-refractivity contribution in [3.05, 3.63) is 23.8 Å². The van der Waals surface area contributed by atoms with Gasteiger partial charge < -0.3 is 10.2 Å². The lowest BCUT2D eigenvalue weighted by atomic mass is 9.57. The fourth-order valence-corrected chi connectivity index (χ4v) is 3.53. The van der Waals surface area contributed by atoms with Gasteiger partial charge in [-0.3, -0.25) is 0 Å². The first-order valence-corrected chi connectivity index (χ1v) is 6.65. The minimum Gasteiger partial charge on any atom is -0.393 e. The molecular formula is C15H24O2. The highest BCUT2D eigenvalue weighted by Gasteiger charge is 2.45. The summed E-state index contributed by atoms with van der Waals surface area (Å²) in [5.41, 5.74) is 2.55. The highest BCUT2D eigenvalue weighted by Crippen LogP contribution is 2.52. The molecule has 0 aromatic rings. The second kappa shape index (κ2) is 4.58. The van der Waals surface area contributed by atoms with Gasteiger partial charge in [0.05, 0.1) is 12.7 Å². The lowest BCUT2D eigenvalue weighted by Crippen LogP contribution is -2.43. The van der Waals surface area contributed by atoms with E-state index in [9.17, 15) is 10.2 Å². The van der Waals surface area contributed by atoms with E-state index in [-0.39, 0.29) is 18.1 Å². The maximum absolute atomic E-state index is 10.1. The van der Waals surface area contributed by atoms with E-state index in [1.807, 2.05) is 0 Å². The monoisotopic (exact) mass is 236 g/mol. The summed E-state index contributed by atoms with van der Waals surface area (Å²) in [4.78, 5) is 0. The van der Waals surface area contributed by atoms with Gasteiger partial charge in [-0.2, -0.15) is 0 Å². The van der Waals surface area contributed by atoms with E-state index < -0.39 is 0 Å². The quantitative estimate of drug-likeness (QED) is 0.724. The summed E-state index contributed by atoms with van der Waals surface area (Å²) >= 11 is 0. The molecule has 0 bridgehead atoms. The third kappa shape index (κ3) is 2.09. The number of rotatable bonds is 2. The van der Waals surface area contributed by atoms with Gasteiger partial charge in [0, 0.05) is 0 Å². The van der Waals surface area contributed by atoms with Gasteiger partial charge in [0.25, 0.3) is 0 Å². The molecule has 0 unspecified atom stereocenters. The van der Waals surface area contributed by atoms with E-state index in [2.05, 4.69) is 26.5 Å². The van der Waals surface area contributed by atoms with Crippen LogP contribution in [0.1, 0.15) is 39.5 Å². The Balaban J connectivity index is 2.24. The van der Waals surface area contributed by atoms with Crippen LogP contribution in [-0.2, 0) is 0 Å². The molecule has 0 radical (unpaired) electrons. The Kier molecular flexibility index (Phi) is 3.46. The van der Waals surface area contributed by atoms with Crippen molar-refractivity contribution < 1.29 is 10.2 Å². The number of aliphatic hydroxyl groups excluding tert-OH is 2. The van der Waals surface area contributed by atoms with Crippen molar-refractivity contribution in [2.45, 2.75) is 45.6 Å². The largest absolute Gasteiger partial charge is 0.393 e. The minimum atomic E-state index is -0.182. The summed E-state index contributed by atoms with van der Waals surface area (Å²) in [5.74, 6) is 0.679. The van der Waals surface area contributed by atoms with Crippen molar-refractivity contribution in [1.82, 2.24) is 0 Å². The van der Waals surface area contributed by atoms with Crippen LogP contribution >= 0.6 is 0 Å². The maximum Gasteiger partial charge on any atom is 0.0641 e. The van der Waals surface area contributed by atoms with Gasteiger partial charge in [-0.25, -0.2) is 0 Å². The molecule has 2 N–H and O–H groups in total. The molecule has 0 heterocycles. The predicted molar refractivity (Wildman–Crippen MR) is 69.5 cm³/mol. The first kappa shape index (κ1) is 12.8. The summed E-state index contributed by atoms with van der Waals surface area (Å²) < 4.78 is 0. The van der Waals surface area contributed by atoms with Crippen LogP contribution in [0.3, 0.4) is 0 Å². The predicted octanol–water partition coefficient (Wildman–Crippen LogP) is 2.67. The van der Waals surface area contributed by atoms with Crippen molar-refractivity contribution in [1.29, 1.82) is 0 Å². The van der Waals surface area contributed by atoms with Crippen LogP contribution in [0.5, 0.6) is 0 Å². The molecule has 0 aromatic heterocycles. The van der Waals surface area contributed by atoms with E-state index in [0.29, 0.717) is 11.8 Å². The van der Waals surface area contributed by atoms with Crippen LogP contribution in [0.15, 0.2) is 23.8 Å². The molecule has 96 valence electrons. The molecule has 4 atom stereocenters. The molecule has 2 nitrogen and oxygen atoms in total. The molecule has 2 rings (SSSR count). The summed E-state index contributed by atoms with van der Waals surface area (Å²) in [6.07, 6.45) is 6.11. The van der Waals surface area contributed by atoms with Crippen molar-refractivity contribution >= 4 is 0 Å². The molecule has 17 heavy (non-hydrogen) atoms. The number of hydrogen-bond donors (Lipinski definition) is 2. The zero-order valence-corrected chi connectivity index (χ0v) is 10.9. The minimum absolute atomic E-state index is 0.0842. The van der Waals surface area contributed by atoms with Crippen molar-refractivity contribution in [2.75, 3.05) is 6.61 Å². The summed E-state index contributed by atoms with van der Waals surface area (Å²) in [7, 11) is 0. The van der Waals surface area contributed by atoms with Crippen LogP contribution < -0.4 is 0 Å². The van der Waals surface area contributed by atoms with Crippen LogP contribution in [0.2, 0.25) is 0 Å². The van der Waals surface area contributed by atoms with Gasteiger partial charge in [-0.1, -0.05) is 32.1 Å². The van der Waals surface area contributed by atoms with Crippen LogP contribution in [-0.4, -0.2) is 22.9 Å². The molecule has 0 aromatic carbocycles. The average molecular weight is 236 g/mol. The number of fused-ring (bicyclic) bond motifs is 1. The van der Waals surface area contributed by atoms with Crippen molar-refractivity contribution in [2.24, 2.45) is 17.3 Å². The molecule has 2 heteroatoms. The van der Waals surface area contributed by atoms with Gasteiger partial charge in [0.1, 0.15) is 0 Å². The first-order chi connectivity index (χ1) is 7.99. The Morgan fingerprint density at radius 3 is 2.94 bits per heavy atom. The molecule has 1 saturated carbocycles. The Morgan fingerprint density at radius 2 is 2.29 bits per heavy atom. The van der Waals surface area contributed by atoms with E-state index in [4.69, 9.17) is 0 Å². The molecular weight excluding hydrogens is 212 g/mol. The zero-order valence-electron chi connectivity index (χ0n) is 10.9. The lowest BCUT2D eigenvalue weighted by Gasteiger charge is -2.49. The highest BCUT2D eigenvalue weighted by atomic mass is 16.3. The van der Waals surface area contributed by atoms with Gasteiger partial charge in [-0.05, 0) is 48.5 Å². The summed E-state index contributed by atoms with van der Waals surface area (Å²) in [6.45, 7) is 8.47. The number of aliphatic hydroxyl groups is 2. The van der Waals surface area contributed by atoms with Crippen molar-refractivity contribution in [3.63, 3.8) is 0 Å². The van der Waals surface area contributed by atoms with Gasteiger partial charge in [0.2, 0.25) is 0 Å². The third-order valence-electron chi connectivity index (χ3n) is 5.12. The molecule has 0 amide bonds. The Bertz CT molecular complexity index is 345. The van der Waals surface area contributed by atoms with Gasteiger partial charge in [-0.15, -0.1) is 0 Å². The standard InChI is InChI=1S/C15H24O2/c1-10(9-16)12-4-5-13-6-7-14(17)11(2)15(13,3)8-12/h5,11-12,14,16-17H,1,4,6-9H2,2-3H3/t11-,12-,14+,15+/m0/s1. The third-order valence-corrected chi connectivity index (χ3v) is 5.12. The highest BCUT2D eigenvalue weighted by molar-refractivity contribution is 5.25. The van der Waals surface area contributed by atoms with Gasteiger partial charge >= 0.3 is 0 Å². The van der Waals surface area contributed by atoms with E-state index in [1.54, 1.807) is 0 Å². The Morgan fingerprint density at radius 1 is 1.59 bits per heavy atom. The molecule has 0 saturated heterocycles. The normalized spacial score (nSPS) is 41.6. The molecule has 1 fully saturated rings. The molecule has 0 aliphatic heterocycles. The average Bonchev–Trinajstić information content (AvgIpc) is 2.33. The zero-order chi connectivity index (χ0) is 12.6.